The maximum atomic E-state index is 5.85. The third-order valence-corrected chi connectivity index (χ3v) is 2.69. The van der Waals surface area contributed by atoms with Gasteiger partial charge in [0, 0.05) is 24.0 Å². The number of methoxy groups -OCH3 is 1. The highest BCUT2D eigenvalue weighted by atomic mass is 16.5. The minimum Gasteiger partial charge on any atom is -0.497 e. The van der Waals surface area contributed by atoms with E-state index in [0.717, 1.165) is 22.4 Å². The minimum absolute atomic E-state index is 0.00643. The predicted octanol–water partition coefficient (Wildman–Crippen LogP) is 2.78. The van der Waals surface area contributed by atoms with Gasteiger partial charge in [-0.3, -0.25) is 4.98 Å². The minimum atomic E-state index is -0.00643. The highest BCUT2D eigenvalue weighted by molar-refractivity contribution is 5.64. The van der Waals surface area contributed by atoms with Gasteiger partial charge in [0.1, 0.15) is 5.75 Å². The summed E-state index contributed by atoms with van der Waals surface area (Å²) in [5, 5.41) is 0. The van der Waals surface area contributed by atoms with Gasteiger partial charge in [-0.05, 0) is 36.2 Å². The lowest BCUT2D eigenvalue weighted by molar-refractivity contribution is 0.415. The van der Waals surface area contributed by atoms with E-state index in [9.17, 15) is 0 Å². The number of ether oxygens (including phenoxy) is 1. The van der Waals surface area contributed by atoms with Crippen LogP contribution in [0.5, 0.6) is 5.75 Å². The third-order valence-electron chi connectivity index (χ3n) is 2.69. The molecule has 2 N–H and O–H groups in total. The Hall–Kier alpha value is -1.87. The Bertz CT molecular complexity index is 509. The number of benzene rings is 1. The smallest absolute Gasteiger partial charge is 0.119 e. The van der Waals surface area contributed by atoms with E-state index >= 15 is 0 Å². The van der Waals surface area contributed by atoms with Crippen molar-refractivity contribution in [1.82, 2.24) is 4.98 Å². The Morgan fingerprint density at radius 2 is 2.00 bits per heavy atom. The van der Waals surface area contributed by atoms with Crippen molar-refractivity contribution in [1.29, 1.82) is 0 Å². The second kappa shape index (κ2) is 4.97. The summed E-state index contributed by atoms with van der Waals surface area (Å²) >= 11 is 0. The van der Waals surface area contributed by atoms with Crippen LogP contribution in [0.25, 0.3) is 11.1 Å². The van der Waals surface area contributed by atoms with Crippen LogP contribution in [0.3, 0.4) is 0 Å². The Kier molecular flexibility index (Phi) is 3.40. The van der Waals surface area contributed by atoms with Gasteiger partial charge in [-0.2, -0.15) is 0 Å². The van der Waals surface area contributed by atoms with Crippen molar-refractivity contribution >= 4 is 0 Å². The van der Waals surface area contributed by atoms with Gasteiger partial charge in [-0.25, -0.2) is 0 Å². The summed E-state index contributed by atoms with van der Waals surface area (Å²) in [7, 11) is 1.66. The molecule has 0 aliphatic rings. The van der Waals surface area contributed by atoms with Crippen LogP contribution >= 0.6 is 0 Å². The lowest BCUT2D eigenvalue weighted by atomic mass is 10.0. The van der Waals surface area contributed by atoms with Gasteiger partial charge in [0.05, 0.1) is 7.11 Å². The topological polar surface area (TPSA) is 48.1 Å². The van der Waals surface area contributed by atoms with Crippen molar-refractivity contribution < 1.29 is 4.74 Å². The molecular formula is C14H16N2O. The molecule has 1 aromatic heterocycles. The molecule has 0 amide bonds. The summed E-state index contributed by atoms with van der Waals surface area (Å²) in [6.07, 6.45) is 3.63. The van der Waals surface area contributed by atoms with E-state index in [2.05, 4.69) is 11.1 Å². The van der Waals surface area contributed by atoms with Gasteiger partial charge in [-0.1, -0.05) is 12.1 Å². The van der Waals surface area contributed by atoms with E-state index in [1.54, 1.807) is 13.3 Å². The SMILES string of the molecule is COc1cccc(-c2cncc(C(C)N)c2)c1. The maximum Gasteiger partial charge on any atom is 0.119 e. The van der Waals surface area contributed by atoms with E-state index in [1.165, 1.54) is 0 Å². The molecule has 1 unspecified atom stereocenters. The average Bonchev–Trinajstić information content (AvgIpc) is 2.39. The Balaban J connectivity index is 2.41. The fourth-order valence-corrected chi connectivity index (χ4v) is 1.67. The normalized spacial score (nSPS) is 12.2. The first-order chi connectivity index (χ1) is 8.20. The van der Waals surface area contributed by atoms with E-state index in [-0.39, 0.29) is 6.04 Å². The molecule has 1 atom stereocenters. The van der Waals surface area contributed by atoms with Crippen LogP contribution in [-0.2, 0) is 0 Å². The monoisotopic (exact) mass is 228 g/mol. The van der Waals surface area contributed by atoms with Gasteiger partial charge >= 0.3 is 0 Å². The summed E-state index contributed by atoms with van der Waals surface area (Å²) in [6.45, 7) is 1.95. The van der Waals surface area contributed by atoms with Crippen LogP contribution < -0.4 is 10.5 Å². The number of pyridine rings is 1. The molecule has 0 aliphatic carbocycles. The predicted molar refractivity (Wildman–Crippen MR) is 68.8 cm³/mol. The van der Waals surface area contributed by atoms with Crippen LogP contribution in [0.15, 0.2) is 42.7 Å². The number of rotatable bonds is 3. The quantitative estimate of drug-likeness (QED) is 0.878. The third kappa shape index (κ3) is 2.63. The molecule has 2 rings (SSSR count). The van der Waals surface area contributed by atoms with Gasteiger partial charge < -0.3 is 10.5 Å². The molecule has 1 aromatic carbocycles. The Labute approximate surface area is 101 Å². The number of nitrogens with two attached hydrogens (primary N) is 1. The summed E-state index contributed by atoms with van der Waals surface area (Å²) in [5.74, 6) is 0.841. The second-order valence-electron chi connectivity index (χ2n) is 4.03. The van der Waals surface area contributed by atoms with Crippen LogP contribution in [0.2, 0.25) is 0 Å². The van der Waals surface area contributed by atoms with Crippen molar-refractivity contribution in [2.45, 2.75) is 13.0 Å². The van der Waals surface area contributed by atoms with Gasteiger partial charge in [-0.15, -0.1) is 0 Å². The first kappa shape index (κ1) is 11.6. The Morgan fingerprint density at radius 3 is 2.71 bits per heavy atom. The number of aromatic nitrogens is 1. The maximum absolute atomic E-state index is 5.85. The molecule has 0 radical (unpaired) electrons. The largest absolute Gasteiger partial charge is 0.497 e. The van der Waals surface area contributed by atoms with Crippen molar-refractivity contribution in [2.75, 3.05) is 7.11 Å². The summed E-state index contributed by atoms with van der Waals surface area (Å²) < 4.78 is 5.21. The highest BCUT2D eigenvalue weighted by Crippen LogP contribution is 2.24. The fraction of sp³-hybridized carbons (Fsp3) is 0.214. The molecule has 0 aliphatic heterocycles. The lowest BCUT2D eigenvalue weighted by Gasteiger charge is -2.08. The zero-order valence-electron chi connectivity index (χ0n) is 10.1. The van der Waals surface area contributed by atoms with Crippen LogP contribution in [0.4, 0.5) is 0 Å². The van der Waals surface area contributed by atoms with Crippen molar-refractivity contribution in [3.05, 3.63) is 48.3 Å². The molecule has 3 heteroatoms. The van der Waals surface area contributed by atoms with E-state index in [0.29, 0.717) is 0 Å². The standard InChI is InChI=1S/C14H16N2O/c1-10(15)12-6-13(9-16-8-12)11-4-3-5-14(7-11)17-2/h3-10H,15H2,1-2H3. The first-order valence-corrected chi connectivity index (χ1v) is 5.55. The summed E-state index contributed by atoms with van der Waals surface area (Å²) in [5.41, 5.74) is 9.02. The fourth-order valence-electron chi connectivity index (χ4n) is 1.67. The molecule has 0 bridgehead atoms. The first-order valence-electron chi connectivity index (χ1n) is 5.55. The number of nitrogens with zero attached hydrogens (tertiary/aromatic N) is 1. The van der Waals surface area contributed by atoms with E-state index in [1.807, 2.05) is 37.4 Å². The molecule has 3 nitrogen and oxygen atoms in total. The Morgan fingerprint density at radius 1 is 1.18 bits per heavy atom. The molecule has 2 aromatic rings. The average molecular weight is 228 g/mol. The highest BCUT2D eigenvalue weighted by Gasteiger charge is 2.04. The second-order valence-corrected chi connectivity index (χ2v) is 4.03. The van der Waals surface area contributed by atoms with Gasteiger partial charge in [0.25, 0.3) is 0 Å². The molecule has 17 heavy (non-hydrogen) atoms. The molecule has 1 heterocycles. The summed E-state index contributed by atoms with van der Waals surface area (Å²) in [6, 6.07) is 9.96. The van der Waals surface area contributed by atoms with Crippen LogP contribution in [0, 0.1) is 0 Å². The van der Waals surface area contributed by atoms with Crippen molar-refractivity contribution in [2.24, 2.45) is 5.73 Å². The molecular weight excluding hydrogens is 212 g/mol. The summed E-state index contributed by atoms with van der Waals surface area (Å²) in [4.78, 5) is 4.22. The van der Waals surface area contributed by atoms with Crippen LogP contribution in [0.1, 0.15) is 18.5 Å². The van der Waals surface area contributed by atoms with Gasteiger partial charge in [0.2, 0.25) is 0 Å². The molecule has 0 fully saturated rings. The van der Waals surface area contributed by atoms with Crippen molar-refractivity contribution in [3.8, 4) is 16.9 Å². The lowest BCUT2D eigenvalue weighted by Crippen LogP contribution is -2.05. The molecule has 0 spiro atoms. The zero-order valence-corrected chi connectivity index (χ0v) is 10.1. The van der Waals surface area contributed by atoms with E-state index < -0.39 is 0 Å². The van der Waals surface area contributed by atoms with E-state index in [4.69, 9.17) is 10.5 Å². The zero-order chi connectivity index (χ0) is 12.3. The van der Waals surface area contributed by atoms with Gasteiger partial charge in [0.15, 0.2) is 0 Å². The molecule has 88 valence electrons. The number of hydrogen-bond acceptors (Lipinski definition) is 3. The van der Waals surface area contributed by atoms with Crippen molar-refractivity contribution in [3.63, 3.8) is 0 Å². The molecule has 0 saturated heterocycles. The molecule has 0 saturated carbocycles. The van der Waals surface area contributed by atoms with Crippen LogP contribution in [-0.4, -0.2) is 12.1 Å². The number of hydrogen-bond donors (Lipinski definition) is 1.